The molecule has 0 bridgehead atoms. The molecule has 1 heterocycles. The molecule has 1 fully saturated rings. The van der Waals surface area contributed by atoms with Crippen LogP contribution in [0.5, 0.6) is 0 Å². The van der Waals surface area contributed by atoms with E-state index >= 15 is 0 Å². The molecule has 144 valence electrons. The van der Waals surface area contributed by atoms with Crippen molar-refractivity contribution in [3.8, 4) is 18.2 Å². The van der Waals surface area contributed by atoms with E-state index in [4.69, 9.17) is 15.3 Å². The Bertz CT molecular complexity index is 879. The molecule has 0 aliphatic carbocycles. The molecule has 8 heteroatoms. The Morgan fingerprint density at radius 2 is 1.86 bits per heavy atom. The van der Waals surface area contributed by atoms with Crippen LogP contribution in [0.25, 0.3) is 0 Å². The molecule has 1 aromatic carbocycles. The van der Waals surface area contributed by atoms with Gasteiger partial charge in [-0.2, -0.15) is 15.8 Å². The molecule has 1 atom stereocenters. The van der Waals surface area contributed by atoms with Crippen LogP contribution >= 0.6 is 0 Å². The Hall–Kier alpha value is -3.70. The zero-order valence-electron chi connectivity index (χ0n) is 16.1. The summed E-state index contributed by atoms with van der Waals surface area (Å²) in [6.07, 6.45) is 0.295. The molecular weight excluding hydrogens is 356 g/mol. The molecule has 1 saturated heterocycles. The van der Waals surface area contributed by atoms with Gasteiger partial charge in [-0.05, 0) is 39.3 Å². The summed E-state index contributed by atoms with van der Waals surface area (Å²) in [5.41, 5.74) is 0.500. The molecule has 2 rings (SSSR count). The number of nitrogens with one attached hydrogen (secondary N) is 2. The predicted molar refractivity (Wildman–Crippen MR) is 104 cm³/mol. The number of benzene rings is 1. The Balaban J connectivity index is 2.13. The maximum atomic E-state index is 12.0. The van der Waals surface area contributed by atoms with Gasteiger partial charge >= 0.3 is 6.09 Å². The molecule has 2 N–H and O–H groups in total. The first-order valence-electron chi connectivity index (χ1n) is 8.82. The molecule has 0 spiro atoms. The number of allylic oxidation sites excluding steroid dienone is 2. The first-order valence-corrected chi connectivity index (χ1v) is 8.82. The van der Waals surface area contributed by atoms with Gasteiger partial charge in [-0.25, -0.2) is 4.79 Å². The largest absolute Gasteiger partial charge is 0.444 e. The number of nitriles is 3. The van der Waals surface area contributed by atoms with Gasteiger partial charge in [0.2, 0.25) is 0 Å². The smallest absolute Gasteiger partial charge is 0.407 e. The van der Waals surface area contributed by atoms with Crippen LogP contribution in [-0.4, -0.2) is 30.8 Å². The van der Waals surface area contributed by atoms with E-state index in [1.54, 1.807) is 24.3 Å². The van der Waals surface area contributed by atoms with Gasteiger partial charge in [0.05, 0.1) is 17.4 Å². The topological polar surface area (TPSA) is 125 Å². The van der Waals surface area contributed by atoms with Gasteiger partial charge in [0.25, 0.3) is 0 Å². The molecule has 1 unspecified atom stereocenters. The van der Waals surface area contributed by atoms with Crippen molar-refractivity contribution in [3.63, 3.8) is 0 Å². The van der Waals surface area contributed by atoms with Crippen molar-refractivity contribution >= 4 is 17.5 Å². The average molecular weight is 378 g/mol. The Kier molecular flexibility index (Phi) is 6.47. The number of carbonyl (C=O) groups excluding carboxylic acids is 1. The highest BCUT2D eigenvalue weighted by atomic mass is 16.6. The van der Waals surface area contributed by atoms with Crippen LogP contribution in [0.4, 0.5) is 16.2 Å². The fourth-order valence-corrected chi connectivity index (χ4v) is 2.84. The molecule has 8 nitrogen and oxygen atoms in total. The predicted octanol–water partition coefficient (Wildman–Crippen LogP) is 3.03. The van der Waals surface area contributed by atoms with Crippen molar-refractivity contribution in [2.75, 3.05) is 23.3 Å². The quantitative estimate of drug-likeness (QED) is 0.771. The van der Waals surface area contributed by atoms with Crippen LogP contribution in [0.3, 0.4) is 0 Å². The molecule has 1 amide bonds. The summed E-state index contributed by atoms with van der Waals surface area (Å²) < 4.78 is 5.30. The van der Waals surface area contributed by atoms with Crippen LogP contribution in [0.15, 0.2) is 35.5 Å². The number of hydrogen-bond acceptors (Lipinski definition) is 7. The van der Waals surface area contributed by atoms with E-state index in [1.807, 2.05) is 39.0 Å². The van der Waals surface area contributed by atoms with Gasteiger partial charge in [-0.1, -0.05) is 12.1 Å². The van der Waals surface area contributed by atoms with Gasteiger partial charge in [-0.3, -0.25) is 0 Å². The second kappa shape index (κ2) is 8.79. The number of alkyl carbamates (subject to hydrolysis) is 1. The van der Waals surface area contributed by atoms with Gasteiger partial charge in [0, 0.05) is 13.1 Å². The third kappa shape index (κ3) is 5.40. The van der Waals surface area contributed by atoms with E-state index in [2.05, 4.69) is 15.5 Å². The lowest BCUT2D eigenvalue weighted by molar-refractivity contribution is 0.0509. The molecule has 28 heavy (non-hydrogen) atoms. The summed E-state index contributed by atoms with van der Waals surface area (Å²) in [6.45, 7) is 6.71. The standard InChI is InChI=1S/C20H22N6O2/c1-20(2,3)28-19(27)24-15-8-9-26(13-15)18-7-5-4-6-16(18)25-17(12-23)14(10-21)11-22/h4-7,15,25H,8-9,13H2,1-3H3,(H,24,27). The van der Waals surface area contributed by atoms with Crippen molar-refractivity contribution in [1.82, 2.24) is 5.32 Å². The highest BCUT2D eigenvalue weighted by Gasteiger charge is 2.27. The second-order valence-corrected chi connectivity index (χ2v) is 7.31. The summed E-state index contributed by atoms with van der Waals surface area (Å²) in [4.78, 5) is 14.0. The van der Waals surface area contributed by atoms with E-state index < -0.39 is 11.7 Å². The van der Waals surface area contributed by atoms with E-state index in [0.717, 1.165) is 12.1 Å². The molecule has 1 aliphatic rings. The number of hydrogen-bond donors (Lipinski definition) is 2. The van der Waals surface area contributed by atoms with E-state index in [1.165, 1.54) is 0 Å². The zero-order valence-corrected chi connectivity index (χ0v) is 16.1. The average Bonchev–Trinajstić information content (AvgIpc) is 3.08. The SMILES string of the molecule is CC(C)(C)OC(=O)NC1CCN(c2ccccc2NC(C#N)=C(C#N)C#N)C1. The molecule has 0 aromatic heterocycles. The van der Waals surface area contributed by atoms with Crippen LogP contribution in [0.1, 0.15) is 27.2 Å². The summed E-state index contributed by atoms with van der Waals surface area (Å²) >= 11 is 0. The third-order valence-electron chi connectivity index (χ3n) is 4.00. The second-order valence-electron chi connectivity index (χ2n) is 7.31. The summed E-state index contributed by atoms with van der Waals surface area (Å²) in [6, 6.07) is 12.5. The number of para-hydroxylation sites is 2. The van der Waals surface area contributed by atoms with Crippen molar-refractivity contribution in [2.24, 2.45) is 0 Å². The fraction of sp³-hybridized carbons (Fsp3) is 0.400. The van der Waals surface area contributed by atoms with E-state index in [0.29, 0.717) is 18.8 Å². The number of anilines is 2. The first-order chi connectivity index (χ1) is 13.3. The normalized spacial score (nSPS) is 15.6. The van der Waals surface area contributed by atoms with Gasteiger partial charge in [-0.15, -0.1) is 0 Å². The van der Waals surface area contributed by atoms with Crippen molar-refractivity contribution in [2.45, 2.75) is 38.8 Å². The van der Waals surface area contributed by atoms with Gasteiger partial charge in [0.1, 0.15) is 29.5 Å². The number of ether oxygens (including phenoxy) is 1. The number of amides is 1. The highest BCUT2D eigenvalue weighted by molar-refractivity contribution is 5.74. The van der Waals surface area contributed by atoms with Crippen LogP contribution in [-0.2, 0) is 4.74 Å². The molecule has 0 saturated carbocycles. The maximum absolute atomic E-state index is 12.0. The Morgan fingerprint density at radius 3 is 2.46 bits per heavy atom. The zero-order chi connectivity index (χ0) is 20.7. The summed E-state index contributed by atoms with van der Waals surface area (Å²) in [7, 11) is 0. The molecule has 1 aliphatic heterocycles. The third-order valence-corrected chi connectivity index (χ3v) is 4.00. The molecule has 0 radical (unpaired) electrons. The first kappa shape index (κ1) is 20.6. The van der Waals surface area contributed by atoms with Crippen LogP contribution in [0, 0.1) is 34.0 Å². The number of nitrogens with zero attached hydrogens (tertiary/aromatic N) is 4. The maximum Gasteiger partial charge on any atom is 0.407 e. The Morgan fingerprint density at radius 1 is 1.18 bits per heavy atom. The summed E-state index contributed by atoms with van der Waals surface area (Å²) in [5.74, 6) is 0. The molecular formula is C20H22N6O2. The summed E-state index contributed by atoms with van der Waals surface area (Å²) in [5, 5.41) is 33.0. The van der Waals surface area contributed by atoms with Gasteiger partial charge < -0.3 is 20.3 Å². The highest BCUT2D eigenvalue weighted by Crippen LogP contribution is 2.30. The fourth-order valence-electron chi connectivity index (χ4n) is 2.84. The van der Waals surface area contributed by atoms with Crippen molar-refractivity contribution in [1.29, 1.82) is 15.8 Å². The number of rotatable bonds is 4. The molecule has 1 aromatic rings. The monoisotopic (exact) mass is 378 g/mol. The minimum absolute atomic E-state index is 0.0670. The minimum atomic E-state index is -0.557. The number of carbonyl (C=O) groups is 1. The van der Waals surface area contributed by atoms with Gasteiger partial charge in [0.15, 0.2) is 5.57 Å². The lowest BCUT2D eigenvalue weighted by atomic mass is 10.2. The van der Waals surface area contributed by atoms with Crippen molar-refractivity contribution in [3.05, 3.63) is 35.5 Å². The lowest BCUT2D eigenvalue weighted by Gasteiger charge is -2.24. The van der Waals surface area contributed by atoms with Crippen molar-refractivity contribution < 1.29 is 9.53 Å². The van der Waals surface area contributed by atoms with Crippen LogP contribution in [0.2, 0.25) is 0 Å². The van der Waals surface area contributed by atoms with E-state index in [-0.39, 0.29) is 17.3 Å². The van der Waals surface area contributed by atoms with E-state index in [9.17, 15) is 10.1 Å². The van der Waals surface area contributed by atoms with Crippen LogP contribution < -0.4 is 15.5 Å². The lowest BCUT2D eigenvalue weighted by Crippen LogP contribution is -2.40. The minimum Gasteiger partial charge on any atom is -0.444 e. The Labute approximate surface area is 164 Å².